The average molecular weight is 237 g/mol. The van der Waals surface area contributed by atoms with E-state index in [0.29, 0.717) is 11.3 Å². The van der Waals surface area contributed by atoms with Gasteiger partial charge in [-0.05, 0) is 44.4 Å². The molecular weight excluding hydrogens is 217 g/mol. The summed E-state index contributed by atoms with van der Waals surface area (Å²) in [5, 5.41) is 3.40. The zero-order valence-electron chi connectivity index (χ0n) is 10.5. The first kappa shape index (κ1) is 12.4. The maximum atomic E-state index is 13.8. The Bertz CT molecular complexity index is 376. The number of rotatable bonds is 5. The van der Waals surface area contributed by atoms with Gasteiger partial charge in [0.15, 0.2) is 0 Å². The van der Waals surface area contributed by atoms with E-state index < -0.39 is 0 Å². The Morgan fingerprint density at radius 3 is 2.82 bits per heavy atom. The minimum atomic E-state index is -0.196. The van der Waals surface area contributed by atoms with Gasteiger partial charge in [-0.15, -0.1) is 0 Å². The molecule has 0 amide bonds. The first-order valence-corrected chi connectivity index (χ1v) is 6.28. The van der Waals surface area contributed by atoms with Gasteiger partial charge in [0.1, 0.15) is 11.6 Å². The summed E-state index contributed by atoms with van der Waals surface area (Å²) in [6.07, 6.45) is 3.94. The van der Waals surface area contributed by atoms with Crippen molar-refractivity contribution in [2.24, 2.45) is 5.92 Å². The van der Waals surface area contributed by atoms with Crippen LogP contribution in [0.4, 0.5) is 4.39 Å². The highest BCUT2D eigenvalue weighted by Crippen LogP contribution is 2.29. The van der Waals surface area contributed by atoms with Crippen molar-refractivity contribution in [2.45, 2.75) is 32.2 Å². The van der Waals surface area contributed by atoms with E-state index in [4.69, 9.17) is 4.74 Å². The zero-order chi connectivity index (χ0) is 12.3. The van der Waals surface area contributed by atoms with Crippen molar-refractivity contribution in [3.8, 4) is 5.75 Å². The minimum absolute atomic E-state index is 0.00764. The minimum Gasteiger partial charge on any atom is -0.496 e. The van der Waals surface area contributed by atoms with Crippen molar-refractivity contribution >= 4 is 0 Å². The number of halogens is 1. The van der Waals surface area contributed by atoms with E-state index in [1.54, 1.807) is 19.2 Å². The molecule has 1 aromatic rings. The normalized spacial score (nSPS) is 17.6. The second kappa shape index (κ2) is 5.50. The molecule has 1 aliphatic carbocycles. The molecule has 1 fully saturated rings. The molecule has 0 heterocycles. The van der Waals surface area contributed by atoms with E-state index >= 15 is 0 Å². The fourth-order valence-corrected chi connectivity index (χ4v) is 2.26. The highest BCUT2D eigenvalue weighted by atomic mass is 19.1. The monoisotopic (exact) mass is 237 g/mol. The van der Waals surface area contributed by atoms with E-state index in [2.05, 4.69) is 5.32 Å². The third-order valence-electron chi connectivity index (χ3n) is 3.60. The van der Waals surface area contributed by atoms with Gasteiger partial charge in [0.25, 0.3) is 0 Å². The molecule has 0 saturated heterocycles. The van der Waals surface area contributed by atoms with Gasteiger partial charge in [-0.25, -0.2) is 4.39 Å². The number of ether oxygens (including phenoxy) is 1. The van der Waals surface area contributed by atoms with Crippen LogP contribution in [0.3, 0.4) is 0 Å². The van der Waals surface area contributed by atoms with E-state index in [1.807, 2.05) is 6.92 Å². The maximum absolute atomic E-state index is 13.8. The number of benzene rings is 1. The van der Waals surface area contributed by atoms with Crippen LogP contribution in [0.2, 0.25) is 0 Å². The Kier molecular flexibility index (Phi) is 4.00. The summed E-state index contributed by atoms with van der Waals surface area (Å²) < 4.78 is 19.0. The molecule has 0 aliphatic heterocycles. The maximum Gasteiger partial charge on any atom is 0.131 e. The molecule has 1 aliphatic rings. The Balaban J connectivity index is 2.03. The summed E-state index contributed by atoms with van der Waals surface area (Å²) in [6.45, 7) is 2.96. The third kappa shape index (κ3) is 2.78. The summed E-state index contributed by atoms with van der Waals surface area (Å²) in [6, 6.07) is 4.96. The molecule has 1 unspecified atom stereocenters. The van der Waals surface area contributed by atoms with Crippen molar-refractivity contribution < 1.29 is 9.13 Å². The van der Waals surface area contributed by atoms with Crippen molar-refractivity contribution in [3.63, 3.8) is 0 Å². The van der Waals surface area contributed by atoms with Gasteiger partial charge >= 0.3 is 0 Å². The number of nitrogens with one attached hydrogen (secondary N) is 1. The zero-order valence-corrected chi connectivity index (χ0v) is 10.5. The first-order valence-electron chi connectivity index (χ1n) is 6.28. The van der Waals surface area contributed by atoms with Crippen molar-refractivity contribution in [3.05, 3.63) is 29.6 Å². The molecule has 0 spiro atoms. The van der Waals surface area contributed by atoms with Crippen LogP contribution >= 0.6 is 0 Å². The third-order valence-corrected chi connectivity index (χ3v) is 3.60. The van der Waals surface area contributed by atoms with Crippen LogP contribution in [0.15, 0.2) is 18.2 Å². The second-order valence-corrected chi connectivity index (χ2v) is 4.78. The SMILES string of the molecule is COc1cccc(F)c1C(C)NCC1CCC1. The molecule has 0 bridgehead atoms. The predicted molar refractivity (Wildman–Crippen MR) is 66.7 cm³/mol. The van der Waals surface area contributed by atoms with E-state index in [-0.39, 0.29) is 11.9 Å². The number of hydrogen-bond donors (Lipinski definition) is 1. The highest BCUT2D eigenvalue weighted by molar-refractivity contribution is 5.36. The standard InChI is InChI=1S/C14H20FNO/c1-10(16-9-11-5-3-6-11)14-12(15)7-4-8-13(14)17-2/h4,7-8,10-11,16H,3,5-6,9H2,1-2H3. The molecule has 0 aromatic heterocycles. The van der Waals surface area contributed by atoms with Crippen LogP contribution in [-0.2, 0) is 0 Å². The van der Waals surface area contributed by atoms with E-state index in [9.17, 15) is 4.39 Å². The van der Waals surface area contributed by atoms with Gasteiger partial charge in [-0.1, -0.05) is 12.5 Å². The Labute approximate surface area is 102 Å². The topological polar surface area (TPSA) is 21.3 Å². The lowest BCUT2D eigenvalue weighted by Crippen LogP contribution is -2.29. The summed E-state index contributed by atoms with van der Waals surface area (Å²) in [5.74, 6) is 1.20. The van der Waals surface area contributed by atoms with Crippen molar-refractivity contribution in [2.75, 3.05) is 13.7 Å². The molecule has 0 radical (unpaired) electrons. The molecule has 2 rings (SSSR count). The molecule has 1 saturated carbocycles. The molecule has 3 heteroatoms. The Morgan fingerprint density at radius 1 is 1.47 bits per heavy atom. The highest BCUT2D eigenvalue weighted by Gasteiger charge is 2.20. The van der Waals surface area contributed by atoms with Gasteiger partial charge in [0.2, 0.25) is 0 Å². The molecule has 1 atom stereocenters. The summed E-state index contributed by atoms with van der Waals surface area (Å²) in [4.78, 5) is 0. The second-order valence-electron chi connectivity index (χ2n) is 4.78. The predicted octanol–water partition coefficient (Wildman–Crippen LogP) is 3.29. The van der Waals surface area contributed by atoms with Crippen LogP contribution in [0, 0.1) is 11.7 Å². The molecule has 17 heavy (non-hydrogen) atoms. The van der Waals surface area contributed by atoms with Gasteiger partial charge in [-0.2, -0.15) is 0 Å². The van der Waals surface area contributed by atoms with Crippen LogP contribution in [0.5, 0.6) is 5.75 Å². The molecule has 1 aromatic carbocycles. The quantitative estimate of drug-likeness (QED) is 0.848. The molecule has 94 valence electrons. The van der Waals surface area contributed by atoms with Gasteiger partial charge in [0, 0.05) is 11.6 Å². The lowest BCUT2D eigenvalue weighted by atomic mass is 9.85. The molecule has 2 nitrogen and oxygen atoms in total. The average Bonchev–Trinajstić information content (AvgIpc) is 2.26. The van der Waals surface area contributed by atoms with Crippen molar-refractivity contribution in [1.29, 1.82) is 0 Å². The summed E-state index contributed by atoms with van der Waals surface area (Å²) in [7, 11) is 1.58. The molecule has 1 N–H and O–H groups in total. The number of methoxy groups -OCH3 is 1. The largest absolute Gasteiger partial charge is 0.496 e. The lowest BCUT2D eigenvalue weighted by Gasteiger charge is -2.28. The van der Waals surface area contributed by atoms with Gasteiger partial charge in [-0.3, -0.25) is 0 Å². The molecular formula is C14H20FNO. The van der Waals surface area contributed by atoms with Crippen LogP contribution in [0.25, 0.3) is 0 Å². The fourth-order valence-electron chi connectivity index (χ4n) is 2.26. The Hall–Kier alpha value is -1.09. The lowest BCUT2D eigenvalue weighted by molar-refractivity contribution is 0.289. The summed E-state index contributed by atoms with van der Waals surface area (Å²) >= 11 is 0. The van der Waals surface area contributed by atoms with E-state index in [1.165, 1.54) is 25.3 Å². The Morgan fingerprint density at radius 2 is 2.24 bits per heavy atom. The van der Waals surface area contributed by atoms with Gasteiger partial charge in [0.05, 0.1) is 7.11 Å². The fraction of sp³-hybridized carbons (Fsp3) is 0.571. The van der Waals surface area contributed by atoms with Crippen LogP contribution in [0.1, 0.15) is 37.8 Å². The van der Waals surface area contributed by atoms with Crippen molar-refractivity contribution in [1.82, 2.24) is 5.32 Å². The number of hydrogen-bond acceptors (Lipinski definition) is 2. The van der Waals surface area contributed by atoms with Crippen LogP contribution in [-0.4, -0.2) is 13.7 Å². The van der Waals surface area contributed by atoms with E-state index in [0.717, 1.165) is 12.5 Å². The first-order chi connectivity index (χ1) is 8.22. The smallest absolute Gasteiger partial charge is 0.131 e. The summed E-state index contributed by atoms with van der Waals surface area (Å²) in [5.41, 5.74) is 0.634. The van der Waals surface area contributed by atoms with Crippen LogP contribution < -0.4 is 10.1 Å². The van der Waals surface area contributed by atoms with Gasteiger partial charge < -0.3 is 10.1 Å².